The smallest absolute Gasteiger partial charge is 0.0455 e. The third-order valence-electron chi connectivity index (χ3n) is 4.27. The first-order valence-electron chi connectivity index (χ1n) is 7.26. The van der Waals surface area contributed by atoms with Gasteiger partial charge < -0.3 is 9.72 Å². The summed E-state index contributed by atoms with van der Waals surface area (Å²) >= 11 is 0. The van der Waals surface area contributed by atoms with Crippen LogP contribution in [0.15, 0.2) is 30.5 Å². The van der Waals surface area contributed by atoms with Gasteiger partial charge >= 0.3 is 0 Å². The molecule has 3 rings (SSSR count). The Bertz CT molecular complexity index is 552. The van der Waals surface area contributed by atoms with E-state index in [2.05, 4.69) is 58.9 Å². The maximum atomic E-state index is 3.42. The van der Waals surface area contributed by atoms with Gasteiger partial charge in [0.2, 0.25) is 0 Å². The highest BCUT2D eigenvalue weighted by Gasteiger charge is 2.18. The van der Waals surface area contributed by atoms with Crippen molar-refractivity contribution in [3.05, 3.63) is 41.7 Å². The van der Waals surface area contributed by atoms with Crippen LogP contribution in [-0.4, -0.2) is 41.5 Å². The minimum absolute atomic E-state index is 0.610. The van der Waals surface area contributed by atoms with Crippen LogP contribution in [0.25, 0.3) is 5.52 Å². The molecule has 3 heteroatoms. The lowest BCUT2D eigenvalue weighted by Crippen LogP contribution is -2.48. The Hall–Kier alpha value is -1.32. The van der Waals surface area contributed by atoms with E-state index in [0.29, 0.717) is 6.04 Å². The Labute approximate surface area is 115 Å². The third-order valence-corrected chi connectivity index (χ3v) is 4.27. The van der Waals surface area contributed by atoms with Gasteiger partial charge in [-0.15, -0.1) is 0 Å². The molecule has 0 bridgehead atoms. The van der Waals surface area contributed by atoms with E-state index in [9.17, 15) is 0 Å². The molecule has 2 aromatic heterocycles. The first-order valence-corrected chi connectivity index (χ1v) is 7.26. The fourth-order valence-electron chi connectivity index (χ4n) is 3.11. The van der Waals surface area contributed by atoms with Crippen molar-refractivity contribution < 1.29 is 0 Å². The van der Waals surface area contributed by atoms with E-state index in [1.807, 2.05) is 0 Å². The van der Waals surface area contributed by atoms with E-state index in [0.717, 1.165) is 19.5 Å². The highest BCUT2D eigenvalue weighted by Crippen LogP contribution is 2.19. The average molecular weight is 257 g/mol. The Balaban J connectivity index is 1.82. The normalized spacial score (nSPS) is 18.8. The Morgan fingerprint density at radius 3 is 2.84 bits per heavy atom. The summed E-state index contributed by atoms with van der Waals surface area (Å²) in [4.78, 5) is 2.60. The highest BCUT2D eigenvalue weighted by atomic mass is 15.2. The minimum atomic E-state index is 0.610. The van der Waals surface area contributed by atoms with Crippen LogP contribution in [0, 0.1) is 6.92 Å². The molecule has 0 amide bonds. The fourth-order valence-corrected chi connectivity index (χ4v) is 3.11. The summed E-state index contributed by atoms with van der Waals surface area (Å²) in [6.07, 6.45) is 3.31. The molecule has 2 aromatic rings. The molecule has 0 aliphatic carbocycles. The number of nitrogens with one attached hydrogen (secondary N) is 1. The van der Waals surface area contributed by atoms with Crippen LogP contribution in [0.1, 0.15) is 18.2 Å². The summed E-state index contributed by atoms with van der Waals surface area (Å²) in [5, 5.41) is 3.42. The lowest BCUT2D eigenvalue weighted by molar-refractivity contribution is 0.182. The zero-order valence-electron chi connectivity index (χ0n) is 11.9. The first kappa shape index (κ1) is 12.7. The quantitative estimate of drug-likeness (QED) is 0.908. The van der Waals surface area contributed by atoms with Gasteiger partial charge in [0.25, 0.3) is 0 Å². The zero-order valence-corrected chi connectivity index (χ0v) is 11.9. The van der Waals surface area contributed by atoms with Crippen LogP contribution < -0.4 is 5.32 Å². The fraction of sp³-hybridized carbons (Fsp3) is 0.500. The van der Waals surface area contributed by atoms with Crippen LogP contribution in [0.2, 0.25) is 0 Å². The molecule has 1 atom stereocenters. The minimum Gasteiger partial charge on any atom is -0.321 e. The van der Waals surface area contributed by atoms with Crippen molar-refractivity contribution in [1.82, 2.24) is 14.6 Å². The van der Waals surface area contributed by atoms with Crippen LogP contribution >= 0.6 is 0 Å². The standard InChI is InChI=1S/C16H23N3/c1-13-11-15-5-3-4-8-19(15)16(13)12-14(2)18-9-6-17-7-10-18/h3-5,8,11,14,17H,6-7,9-10,12H2,1-2H3. The lowest BCUT2D eigenvalue weighted by atomic mass is 10.1. The van der Waals surface area contributed by atoms with Crippen molar-refractivity contribution in [1.29, 1.82) is 0 Å². The summed E-state index contributed by atoms with van der Waals surface area (Å²) in [6, 6.07) is 9.31. The number of fused-ring (bicyclic) bond motifs is 1. The van der Waals surface area contributed by atoms with E-state index in [1.165, 1.54) is 29.9 Å². The third kappa shape index (κ3) is 2.53. The van der Waals surface area contributed by atoms with Crippen molar-refractivity contribution in [2.24, 2.45) is 0 Å². The van der Waals surface area contributed by atoms with Crippen molar-refractivity contribution in [3.63, 3.8) is 0 Å². The van der Waals surface area contributed by atoms with Gasteiger partial charge in [-0.3, -0.25) is 4.90 Å². The number of piperazine rings is 1. The van der Waals surface area contributed by atoms with Gasteiger partial charge in [-0.1, -0.05) is 6.07 Å². The van der Waals surface area contributed by atoms with Crippen LogP contribution in [-0.2, 0) is 6.42 Å². The predicted octanol–water partition coefficient (Wildman–Crippen LogP) is 2.08. The van der Waals surface area contributed by atoms with E-state index in [-0.39, 0.29) is 0 Å². The molecule has 1 aliphatic heterocycles. The number of aryl methyl sites for hydroxylation is 1. The molecule has 3 heterocycles. The van der Waals surface area contributed by atoms with Gasteiger partial charge in [-0.25, -0.2) is 0 Å². The molecule has 3 nitrogen and oxygen atoms in total. The number of rotatable bonds is 3. The van der Waals surface area contributed by atoms with E-state index in [4.69, 9.17) is 0 Å². The van der Waals surface area contributed by atoms with Gasteiger partial charge in [0.1, 0.15) is 0 Å². The average Bonchev–Trinajstić information content (AvgIpc) is 2.76. The van der Waals surface area contributed by atoms with E-state index in [1.54, 1.807) is 0 Å². The molecule has 0 radical (unpaired) electrons. The summed E-state index contributed by atoms with van der Waals surface area (Å²) in [5.41, 5.74) is 4.18. The molecular weight excluding hydrogens is 234 g/mol. The van der Waals surface area contributed by atoms with Gasteiger partial charge in [-0.2, -0.15) is 0 Å². The van der Waals surface area contributed by atoms with E-state index >= 15 is 0 Å². The van der Waals surface area contributed by atoms with Crippen molar-refractivity contribution in [3.8, 4) is 0 Å². The van der Waals surface area contributed by atoms with Crippen molar-refractivity contribution in [2.75, 3.05) is 26.2 Å². The maximum Gasteiger partial charge on any atom is 0.0455 e. The van der Waals surface area contributed by atoms with Gasteiger partial charge in [0.15, 0.2) is 0 Å². The maximum absolute atomic E-state index is 3.42. The molecule has 1 saturated heterocycles. The molecule has 1 N–H and O–H groups in total. The van der Waals surface area contributed by atoms with Crippen LogP contribution in [0.3, 0.4) is 0 Å². The second-order valence-corrected chi connectivity index (χ2v) is 5.61. The van der Waals surface area contributed by atoms with Gasteiger partial charge in [0.05, 0.1) is 0 Å². The molecule has 102 valence electrons. The summed E-state index contributed by atoms with van der Waals surface area (Å²) in [5.74, 6) is 0. The number of hydrogen-bond donors (Lipinski definition) is 1. The largest absolute Gasteiger partial charge is 0.321 e. The highest BCUT2D eigenvalue weighted by molar-refractivity contribution is 5.53. The van der Waals surface area contributed by atoms with Crippen LogP contribution in [0.5, 0.6) is 0 Å². The van der Waals surface area contributed by atoms with Gasteiger partial charge in [-0.05, 0) is 37.6 Å². The summed E-state index contributed by atoms with van der Waals surface area (Å²) < 4.78 is 2.34. The molecule has 19 heavy (non-hydrogen) atoms. The second-order valence-electron chi connectivity index (χ2n) is 5.61. The molecule has 1 unspecified atom stereocenters. The SMILES string of the molecule is Cc1cc2ccccn2c1CC(C)N1CCNCC1. The Morgan fingerprint density at radius 2 is 2.05 bits per heavy atom. The first-order chi connectivity index (χ1) is 9.25. The molecular formula is C16H23N3. The molecule has 1 aliphatic rings. The number of aromatic nitrogens is 1. The van der Waals surface area contributed by atoms with Crippen LogP contribution in [0.4, 0.5) is 0 Å². The number of pyridine rings is 1. The summed E-state index contributed by atoms with van der Waals surface area (Å²) in [6.45, 7) is 9.17. The predicted molar refractivity (Wildman–Crippen MR) is 79.7 cm³/mol. The van der Waals surface area contributed by atoms with Gasteiger partial charge in [0, 0.05) is 56.0 Å². The van der Waals surface area contributed by atoms with Crippen molar-refractivity contribution in [2.45, 2.75) is 26.3 Å². The molecule has 0 aromatic carbocycles. The van der Waals surface area contributed by atoms with Crippen molar-refractivity contribution >= 4 is 5.52 Å². The number of nitrogens with zero attached hydrogens (tertiary/aromatic N) is 2. The second kappa shape index (κ2) is 5.35. The molecule has 0 spiro atoms. The monoisotopic (exact) mass is 257 g/mol. The zero-order chi connectivity index (χ0) is 13.2. The Kier molecular flexibility index (Phi) is 3.58. The Morgan fingerprint density at radius 1 is 1.26 bits per heavy atom. The molecule has 1 fully saturated rings. The lowest BCUT2D eigenvalue weighted by Gasteiger charge is -2.33. The molecule has 0 saturated carbocycles. The van der Waals surface area contributed by atoms with E-state index < -0.39 is 0 Å². The topological polar surface area (TPSA) is 19.7 Å². The summed E-state index contributed by atoms with van der Waals surface area (Å²) in [7, 11) is 0. The number of hydrogen-bond acceptors (Lipinski definition) is 2.